The number of aliphatic hydroxyl groups is 1. The predicted molar refractivity (Wildman–Crippen MR) is 102 cm³/mol. The molecule has 0 bridgehead atoms. The van der Waals surface area contributed by atoms with Crippen molar-refractivity contribution in [1.29, 1.82) is 0 Å². The third-order valence-electron chi connectivity index (χ3n) is 3.98. The minimum absolute atomic E-state index is 0.0439. The van der Waals surface area contributed by atoms with Gasteiger partial charge in [0.05, 0.1) is 12.6 Å². The Morgan fingerprint density at radius 1 is 1.11 bits per heavy atom. The number of aliphatic hydroxyl groups excluding tert-OH is 1. The summed E-state index contributed by atoms with van der Waals surface area (Å²) in [5, 5.41) is 14.2. The van der Waals surface area contributed by atoms with Gasteiger partial charge in [0.1, 0.15) is 12.6 Å². The normalized spacial score (nSPS) is 12.8. The van der Waals surface area contributed by atoms with Crippen LogP contribution >= 0.6 is 0 Å². The minimum atomic E-state index is -0.818. The van der Waals surface area contributed by atoms with E-state index in [0.29, 0.717) is 0 Å². The van der Waals surface area contributed by atoms with Gasteiger partial charge in [0.15, 0.2) is 5.78 Å². The first-order chi connectivity index (χ1) is 12.8. The molecule has 0 aromatic heterocycles. The average Bonchev–Trinajstić information content (AvgIpc) is 2.64. The van der Waals surface area contributed by atoms with Gasteiger partial charge in [0.25, 0.3) is 0 Å². The van der Waals surface area contributed by atoms with Gasteiger partial charge in [-0.1, -0.05) is 50.8 Å². The quantitative estimate of drug-likeness (QED) is 0.540. The highest BCUT2D eigenvalue weighted by Crippen LogP contribution is 2.08. The molecule has 0 heterocycles. The number of carbonyl (C=O) groups excluding carboxylic acids is 3. The van der Waals surface area contributed by atoms with E-state index in [1.54, 1.807) is 45.0 Å². The summed E-state index contributed by atoms with van der Waals surface area (Å²) in [5.74, 6) is -0.788. The van der Waals surface area contributed by atoms with Crippen molar-refractivity contribution < 1.29 is 24.2 Å². The second-order valence-electron chi connectivity index (χ2n) is 6.60. The van der Waals surface area contributed by atoms with Crippen LogP contribution in [0.2, 0.25) is 0 Å². The van der Waals surface area contributed by atoms with Crippen LogP contribution in [0.4, 0.5) is 4.79 Å². The number of rotatable bonds is 10. The van der Waals surface area contributed by atoms with Crippen LogP contribution in [0.15, 0.2) is 36.9 Å². The summed E-state index contributed by atoms with van der Waals surface area (Å²) in [6.45, 7) is 8.62. The Bertz CT molecular complexity index is 655. The van der Waals surface area contributed by atoms with Crippen molar-refractivity contribution in [2.75, 3.05) is 6.61 Å². The predicted octanol–water partition coefficient (Wildman–Crippen LogP) is 1.73. The van der Waals surface area contributed by atoms with Crippen molar-refractivity contribution in [2.45, 2.75) is 45.9 Å². The van der Waals surface area contributed by atoms with Crippen molar-refractivity contribution in [1.82, 2.24) is 10.6 Å². The number of benzene rings is 1. The summed E-state index contributed by atoms with van der Waals surface area (Å²) in [6.07, 6.45) is 0.873. The molecule has 1 aromatic carbocycles. The Morgan fingerprint density at radius 3 is 2.22 bits per heavy atom. The summed E-state index contributed by atoms with van der Waals surface area (Å²) in [7, 11) is 0. The van der Waals surface area contributed by atoms with Gasteiger partial charge in [-0.3, -0.25) is 9.59 Å². The van der Waals surface area contributed by atoms with Crippen molar-refractivity contribution in [3.05, 3.63) is 48.0 Å². The first-order valence-corrected chi connectivity index (χ1v) is 8.84. The largest absolute Gasteiger partial charge is 0.445 e. The van der Waals surface area contributed by atoms with Crippen LogP contribution in [0.1, 0.15) is 31.9 Å². The molecule has 0 radical (unpaired) electrons. The van der Waals surface area contributed by atoms with E-state index >= 15 is 0 Å². The van der Waals surface area contributed by atoms with Crippen LogP contribution in [-0.4, -0.2) is 41.6 Å². The Morgan fingerprint density at radius 2 is 1.70 bits per heavy atom. The zero-order chi connectivity index (χ0) is 20.4. The van der Waals surface area contributed by atoms with Crippen LogP contribution in [0.5, 0.6) is 0 Å². The number of carbonyl (C=O) groups is 3. The number of hydrogen-bond donors (Lipinski definition) is 3. The molecule has 0 saturated heterocycles. The maximum absolute atomic E-state index is 12.5. The van der Waals surface area contributed by atoms with Crippen LogP contribution in [-0.2, 0) is 27.4 Å². The fraction of sp³-hybridized carbons (Fsp3) is 0.450. The molecule has 0 aliphatic heterocycles. The molecule has 3 N–H and O–H groups in total. The van der Waals surface area contributed by atoms with Crippen molar-refractivity contribution in [2.24, 2.45) is 5.92 Å². The lowest BCUT2D eigenvalue weighted by Gasteiger charge is -2.23. The lowest BCUT2D eigenvalue weighted by atomic mass is 10.0. The molecule has 2 amide bonds. The molecule has 0 spiro atoms. The van der Waals surface area contributed by atoms with Gasteiger partial charge in [0.2, 0.25) is 5.91 Å². The molecule has 7 heteroatoms. The monoisotopic (exact) mass is 376 g/mol. The second kappa shape index (κ2) is 11.1. The van der Waals surface area contributed by atoms with Crippen molar-refractivity contribution in [3.63, 3.8) is 0 Å². The number of ketones is 1. The van der Waals surface area contributed by atoms with Gasteiger partial charge >= 0.3 is 6.09 Å². The molecule has 0 unspecified atom stereocenters. The van der Waals surface area contributed by atoms with E-state index in [2.05, 4.69) is 17.2 Å². The number of amides is 2. The summed E-state index contributed by atoms with van der Waals surface area (Å²) in [6, 6.07) is 5.51. The summed E-state index contributed by atoms with van der Waals surface area (Å²) < 4.78 is 4.84. The fourth-order valence-corrected chi connectivity index (χ4v) is 2.34. The molecular weight excluding hydrogens is 348 g/mol. The zero-order valence-corrected chi connectivity index (χ0v) is 16.0. The number of alkyl carbamates (subject to hydrolysis) is 1. The van der Waals surface area contributed by atoms with Crippen LogP contribution in [0.3, 0.4) is 0 Å². The summed E-state index contributed by atoms with van der Waals surface area (Å²) in [4.78, 5) is 36.5. The molecule has 2 atom stereocenters. The van der Waals surface area contributed by atoms with Crippen molar-refractivity contribution in [3.8, 4) is 0 Å². The number of Topliss-reactive ketones (excluding diaryl/α,β-unsaturated/α-hetero) is 1. The molecule has 0 aliphatic rings. The topological polar surface area (TPSA) is 105 Å². The Hall–Kier alpha value is -2.67. The summed E-state index contributed by atoms with van der Waals surface area (Å²) >= 11 is 0. The Kier molecular flexibility index (Phi) is 9.22. The molecule has 27 heavy (non-hydrogen) atoms. The highest BCUT2D eigenvalue weighted by molar-refractivity contribution is 5.92. The number of hydrogen-bond acceptors (Lipinski definition) is 5. The van der Waals surface area contributed by atoms with E-state index in [1.165, 1.54) is 6.08 Å². The molecule has 148 valence electrons. The fourth-order valence-electron chi connectivity index (χ4n) is 2.34. The zero-order valence-electron chi connectivity index (χ0n) is 16.0. The molecule has 0 fully saturated rings. The molecule has 0 aliphatic carbocycles. The van der Waals surface area contributed by atoms with E-state index in [9.17, 15) is 14.4 Å². The smallest absolute Gasteiger partial charge is 0.408 e. The first kappa shape index (κ1) is 22.4. The second-order valence-corrected chi connectivity index (χ2v) is 6.60. The molecular formula is C20H28N2O5. The Balaban J connectivity index is 2.63. The van der Waals surface area contributed by atoms with E-state index in [-0.39, 0.29) is 31.3 Å². The third kappa shape index (κ3) is 7.62. The van der Waals surface area contributed by atoms with Gasteiger partial charge in [-0.2, -0.15) is 0 Å². The van der Waals surface area contributed by atoms with E-state index in [0.717, 1.165) is 11.1 Å². The average molecular weight is 376 g/mol. The van der Waals surface area contributed by atoms with Gasteiger partial charge in [-0.25, -0.2) is 4.79 Å². The van der Waals surface area contributed by atoms with E-state index in [4.69, 9.17) is 9.84 Å². The standard InChI is InChI=1S/C20H28N2O5/c1-5-10-27-20(26)22-18(13(2)3)19(25)21-14(4)17(24)11-15-6-8-16(12-23)9-7-15/h5-9,13-14,18,23H,1,10-12H2,2-4H3,(H,21,25)(H,22,26)/t14-,18-/m0/s1. The van der Waals surface area contributed by atoms with E-state index in [1.807, 2.05) is 0 Å². The molecule has 7 nitrogen and oxygen atoms in total. The van der Waals surface area contributed by atoms with E-state index < -0.39 is 24.1 Å². The van der Waals surface area contributed by atoms with Crippen LogP contribution in [0, 0.1) is 5.92 Å². The lowest BCUT2D eigenvalue weighted by Crippen LogP contribution is -2.53. The Labute approximate surface area is 159 Å². The van der Waals surface area contributed by atoms with Gasteiger partial charge in [-0.15, -0.1) is 0 Å². The third-order valence-corrected chi connectivity index (χ3v) is 3.98. The minimum Gasteiger partial charge on any atom is -0.445 e. The SMILES string of the molecule is C=CCOC(=O)N[C@H](C(=O)N[C@@H](C)C(=O)Cc1ccc(CO)cc1)C(C)C. The number of nitrogens with one attached hydrogen (secondary N) is 2. The molecule has 0 saturated carbocycles. The highest BCUT2D eigenvalue weighted by Gasteiger charge is 2.27. The first-order valence-electron chi connectivity index (χ1n) is 8.84. The highest BCUT2D eigenvalue weighted by atomic mass is 16.5. The lowest BCUT2D eigenvalue weighted by molar-refractivity contribution is -0.129. The van der Waals surface area contributed by atoms with Gasteiger partial charge in [-0.05, 0) is 24.0 Å². The maximum Gasteiger partial charge on any atom is 0.408 e. The summed E-state index contributed by atoms with van der Waals surface area (Å²) in [5.41, 5.74) is 1.56. The maximum atomic E-state index is 12.5. The molecule has 1 rings (SSSR count). The van der Waals surface area contributed by atoms with Crippen LogP contribution in [0.25, 0.3) is 0 Å². The number of ether oxygens (including phenoxy) is 1. The van der Waals surface area contributed by atoms with Crippen molar-refractivity contribution >= 4 is 17.8 Å². The van der Waals surface area contributed by atoms with Gasteiger partial charge in [0, 0.05) is 6.42 Å². The molecule has 1 aromatic rings. The van der Waals surface area contributed by atoms with Crippen LogP contribution < -0.4 is 10.6 Å². The van der Waals surface area contributed by atoms with Gasteiger partial charge < -0.3 is 20.5 Å².